The molecule has 1 saturated heterocycles. The molecule has 1 aliphatic rings. The number of aryl methyl sites for hydroxylation is 1. The molecule has 0 aliphatic carbocycles. The maximum atomic E-state index is 12.4. The Labute approximate surface area is 122 Å². The third kappa shape index (κ3) is 3.75. The summed E-state index contributed by atoms with van der Waals surface area (Å²) in [7, 11) is 0. The number of rotatable bonds is 2. The fraction of sp³-hybridized carbons (Fsp3) is 0.588. The van der Waals surface area contributed by atoms with Gasteiger partial charge in [-0.3, -0.25) is 0 Å². The van der Waals surface area contributed by atoms with Gasteiger partial charge in [0.15, 0.2) is 0 Å². The molecule has 0 saturated carbocycles. The second-order valence-electron chi connectivity index (χ2n) is 6.07. The van der Waals surface area contributed by atoms with E-state index in [1.54, 1.807) is 0 Å². The van der Waals surface area contributed by atoms with Gasteiger partial charge in [-0.05, 0) is 39.2 Å². The first-order valence-corrected chi connectivity index (χ1v) is 7.71. The maximum absolute atomic E-state index is 12.4. The number of carbonyl (C=O) groups is 1. The van der Waals surface area contributed by atoms with E-state index in [-0.39, 0.29) is 18.1 Å². The lowest BCUT2D eigenvalue weighted by Gasteiger charge is -2.31. The van der Waals surface area contributed by atoms with Gasteiger partial charge in [0, 0.05) is 12.6 Å². The first-order valence-electron chi connectivity index (χ1n) is 7.71. The summed E-state index contributed by atoms with van der Waals surface area (Å²) in [6, 6.07) is 9.09. The molecule has 1 N–H and O–H groups in total. The zero-order valence-corrected chi connectivity index (χ0v) is 12.9. The van der Waals surface area contributed by atoms with Crippen LogP contribution in [0.3, 0.4) is 0 Å². The third-order valence-corrected chi connectivity index (χ3v) is 3.89. The molecule has 1 aliphatic heterocycles. The van der Waals surface area contributed by atoms with Gasteiger partial charge in [0.2, 0.25) is 0 Å². The van der Waals surface area contributed by atoms with Crippen molar-refractivity contribution in [2.45, 2.75) is 58.5 Å². The van der Waals surface area contributed by atoms with Crippen molar-refractivity contribution in [2.24, 2.45) is 0 Å². The molecule has 1 aromatic rings. The molecule has 1 heterocycles. The van der Waals surface area contributed by atoms with E-state index >= 15 is 0 Å². The molecule has 0 bridgehead atoms. The van der Waals surface area contributed by atoms with Crippen LogP contribution in [0.25, 0.3) is 0 Å². The zero-order chi connectivity index (χ0) is 14.5. The summed E-state index contributed by atoms with van der Waals surface area (Å²) in [6.45, 7) is 6.98. The molecular formula is C17H26N2O. The molecule has 1 fully saturated rings. The molecular weight excluding hydrogens is 248 g/mol. The molecule has 0 spiro atoms. The van der Waals surface area contributed by atoms with Gasteiger partial charge in [-0.2, -0.15) is 0 Å². The van der Waals surface area contributed by atoms with Crippen molar-refractivity contribution < 1.29 is 4.79 Å². The fourth-order valence-electron chi connectivity index (χ4n) is 2.82. The predicted molar refractivity (Wildman–Crippen MR) is 82.8 cm³/mol. The van der Waals surface area contributed by atoms with Crippen molar-refractivity contribution in [1.29, 1.82) is 0 Å². The smallest absolute Gasteiger partial charge is 0.318 e. The SMILES string of the molecule is Cc1ccc([C@H]2CCCCCN2C(=O)NC(C)C)cc1. The van der Waals surface area contributed by atoms with E-state index < -0.39 is 0 Å². The van der Waals surface area contributed by atoms with Crippen molar-refractivity contribution >= 4 is 6.03 Å². The first kappa shape index (κ1) is 14.9. The number of hydrogen-bond donors (Lipinski definition) is 1. The van der Waals surface area contributed by atoms with E-state index in [4.69, 9.17) is 0 Å². The lowest BCUT2D eigenvalue weighted by atomic mass is 10.00. The summed E-state index contributed by atoms with van der Waals surface area (Å²) in [5, 5.41) is 3.04. The number of nitrogens with one attached hydrogen (secondary N) is 1. The minimum atomic E-state index is 0.0764. The summed E-state index contributed by atoms with van der Waals surface area (Å²) in [6.07, 6.45) is 4.58. The summed E-state index contributed by atoms with van der Waals surface area (Å²) in [4.78, 5) is 14.5. The predicted octanol–water partition coefficient (Wildman–Crippen LogP) is 4.03. The molecule has 2 amide bonds. The van der Waals surface area contributed by atoms with E-state index in [2.05, 4.69) is 36.5 Å². The van der Waals surface area contributed by atoms with Crippen LogP contribution in [-0.4, -0.2) is 23.5 Å². The van der Waals surface area contributed by atoms with Gasteiger partial charge in [-0.1, -0.05) is 42.7 Å². The summed E-state index contributed by atoms with van der Waals surface area (Å²) >= 11 is 0. The number of benzene rings is 1. The van der Waals surface area contributed by atoms with Crippen LogP contribution in [0.15, 0.2) is 24.3 Å². The highest BCUT2D eigenvalue weighted by molar-refractivity contribution is 5.75. The van der Waals surface area contributed by atoms with Gasteiger partial charge in [0.1, 0.15) is 0 Å². The van der Waals surface area contributed by atoms with Crippen molar-refractivity contribution in [3.63, 3.8) is 0 Å². The number of carbonyl (C=O) groups excluding carboxylic acids is 1. The minimum Gasteiger partial charge on any atom is -0.336 e. The average molecular weight is 274 g/mol. The summed E-state index contributed by atoms with van der Waals surface area (Å²) < 4.78 is 0. The van der Waals surface area contributed by atoms with Crippen LogP contribution in [0.4, 0.5) is 4.79 Å². The highest BCUT2D eigenvalue weighted by Gasteiger charge is 2.26. The van der Waals surface area contributed by atoms with Crippen LogP contribution in [-0.2, 0) is 0 Å². The number of likely N-dealkylation sites (tertiary alicyclic amines) is 1. The molecule has 1 aromatic carbocycles. The molecule has 3 heteroatoms. The standard InChI is InChI=1S/C17H26N2O/c1-13(2)18-17(20)19-12-6-4-5-7-16(19)15-10-8-14(3)9-11-15/h8-11,13,16H,4-7,12H2,1-3H3,(H,18,20)/t16-/m1/s1. The number of hydrogen-bond acceptors (Lipinski definition) is 1. The first-order chi connectivity index (χ1) is 9.58. The second-order valence-corrected chi connectivity index (χ2v) is 6.07. The molecule has 20 heavy (non-hydrogen) atoms. The highest BCUT2D eigenvalue weighted by atomic mass is 16.2. The van der Waals surface area contributed by atoms with Crippen LogP contribution < -0.4 is 5.32 Å². The zero-order valence-electron chi connectivity index (χ0n) is 12.9. The van der Waals surface area contributed by atoms with Crippen LogP contribution >= 0.6 is 0 Å². The topological polar surface area (TPSA) is 32.3 Å². The van der Waals surface area contributed by atoms with Crippen LogP contribution in [0.1, 0.15) is 56.7 Å². The number of nitrogens with zero attached hydrogens (tertiary/aromatic N) is 1. The molecule has 3 nitrogen and oxygen atoms in total. The van der Waals surface area contributed by atoms with Crippen molar-refractivity contribution in [1.82, 2.24) is 10.2 Å². The lowest BCUT2D eigenvalue weighted by Crippen LogP contribution is -2.44. The second kappa shape index (κ2) is 6.78. The van der Waals surface area contributed by atoms with Crippen LogP contribution in [0.2, 0.25) is 0 Å². The number of amides is 2. The van der Waals surface area contributed by atoms with Crippen molar-refractivity contribution in [3.05, 3.63) is 35.4 Å². The fourth-order valence-corrected chi connectivity index (χ4v) is 2.82. The van der Waals surface area contributed by atoms with Crippen molar-refractivity contribution in [2.75, 3.05) is 6.54 Å². The Hall–Kier alpha value is -1.51. The van der Waals surface area contributed by atoms with Gasteiger partial charge >= 0.3 is 6.03 Å². The van der Waals surface area contributed by atoms with Crippen LogP contribution in [0, 0.1) is 6.92 Å². The maximum Gasteiger partial charge on any atom is 0.318 e. The van der Waals surface area contributed by atoms with Gasteiger partial charge in [0.05, 0.1) is 6.04 Å². The van der Waals surface area contributed by atoms with E-state index in [9.17, 15) is 4.79 Å². The Bertz CT molecular complexity index is 439. The summed E-state index contributed by atoms with van der Waals surface area (Å²) in [5.74, 6) is 0. The largest absolute Gasteiger partial charge is 0.336 e. The van der Waals surface area contributed by atoms with Gasteiger partial charge in [0.25, 0.3) is 0 Å². The van der Waals surface area contributed by atoms with E-state index in [0.717, 1.165) is 19.4 Å². The molecule has 110 valence electrons. The minimum absolute atomic E-state index is 0.0764. The quantitative estimate of drug-likeness (QED) is 0.867. The average Bonchev–Trinajstić information content (AvgIpc) is 2.64. The highest BCUT2D eigenvalue weighted by Crippen LogP contribution is 2.30. The Morgan fingerprint density at radius 3 is 2.55 bits per heavy atom. The molecule has 0 aromatic heterocycles. The van der Waals surface area contributed by atoms with Gasteiger partial charge in [-0.15, -0.1) is 0 Å². The van der Waals surface area contributed by atoms with Crippen molar-refractivity contribution in [3.8, 4) is 0 Å². The lowest BCUT2D eigenvalue weighted by molar-refractivity contribution is 0.173. The Balaban J connectivity index is 2.20. The van der Waals surface area contributed by atoms with Crippen LogP contribution in [0.5, 0.6) is 0 Å². The Morgan fingerprint density at radius 2 is 1.90 bits per heavy atom. The molecule has 0 radical (unpaired) electrons. The van der Waals surface area contributed by atoms with E-state index in [1.807, 2.05) is 18.7 Å². The summed E-state index contributed by atoms with van der Waals surface area (Å²) in [5.41, 5.74) is 2.52. The monoisotopic (exact) mass is 274 g/mol. The van der Waals surface area contributed by atoms with Gasteiger partial charge in [-0.25, -0.2) is 4.79 Å². The Morgan fingerprint density at radius 1 is 1.20 bits per heavy atom. The number of urea groups is 1. The third-order valence-electron chi connectivity index (χ3n) is 3.89. The molecule has 0 unspecified atom stereocenters. The van der Waals surface area contributed by atoms with Gasteiger partial charge < -0.3 is 10.2 Å². The van der Waals surface area contributed by atoms with E-state index in [0.29, 0.717) is 0 Å². The molecule has 2 rings (SSSR count). The molecule has 1 atom stereocenters. The Kier molecular flexibility index (Phi) is 5.05. The normalized spacial score (nSPS) is 19.8. The van der Waals surface area contributed by atoms with E-state index in [1.165, 1.54) is 24.0 Å².